The summed E-state index contributed by atoms with van der Waals surface area (Å²) in [4.78, 5) is 16.5. The molecule has 1 saturated carbocycles. The lowest BCUT2D eigenvalue weighted by Gasteiger charge is -2.26. The number of hydrogen-bond donors (Lipinski definition) is 1. The second kappa shape index (κ2) is 6.89. The van der Waals surface area contributed by atoms with Gasteiger partial charge in [0.05, 0.1) is 6.04 Å². The molecular formula is C17H21FN4O. The predicted octanol–water partition coefficient (Wildman–Crippen LogP) is 3.03. The van der Waals surface area contributed by atoms with Gasteiger partial charge < -0.3 is 5.32 Å². The van der Waals surface area contributed by atoms with Crippen molar-refractivity contribution in [1.82, 2.24) is 20.1 Å². The van der Waals surface area contributed by atoms with Crippen molar-refractivity contribution < 1.29 is 9.18 Å². The topological polar surface area (TPSA) is 59.8 Å². The number of halogens is 1. The van der Waals surface area contributed by atoms with Crippen LogP contribution in [0.1, 0.15) is 50.3 Å². The quantitative estimate of drug-likeness (QED) is 0.922. The smallest absolute Gasteiger partial charge is 0.245 e. The van der Waals surface area contributed by atoms with Gasteiger partial charge in [0, 0.05) is 0 Å². The number of amides is 1. The molecule has 0 spiro atoms. The highest BCUT2D eigenvalue weighted by molar-refractivity contribution is 5.80. The summed E-state index contributed by atoms with van der Waals surface area (Å²) in [5, 5.41) is 7.15. The van der Waals surface area contributed by atoms with Crippen molar-refractivity contribution in [1.29, 1.82) is 0 Å². The van der Waals surface area contributed by atoms with Gasteiger partial charge in [-0.3, -0.25) is 4.79 Å². The predicted molar refractivity (Wildman–Crippen MR) is 84.0 cm³/mol. The zero-order valence-electron chi connectivity index (χ0n) is 13.2. The van der Waals surface area contributed by atoms with Crippen LogP contribution in [0.4, 0.5) is 4.39 Å². The van der Waals surface area contributed by atoms with Gasteiger partial charge >= 0.3 is 0 Å². The Bertz CT molecular complexity index is 635. The highest BCUT2D eigenvalue weighted by atomic mass is 19.1. The van der Waals surface area contributed by atoms with Gasteiger partial charge in [-0.2, -0.15) is 5.10 Å². The van der Waals surface area contributed by atoms with Crippen LogP contribution in [0.3, 0.4) is 0 Å². The van der Waals surface area contributed by atoms with Gasteiger partial charge in [0.1, 0.15) is 24.5 Å². The van der Waals surface area contributed by atoms with Crippen molar-refractivity contribution >= 4 is 5.91 Å². The minimum absolute atomic E-state index is 0.0865. The van der Waals surface area contributed by atoms with Crippen molar-refractivity contribution in [2.45, 2.75) is 44.7 Å². The van der Waals surface area contributed by atoms with E-state index in [4.69, 9.17) is 0 Å². The van der Waals surface area contributed by atoms with Gasteiger partial charge in [0.25, 0.3) is 0 Å². The summed E-state index contributed by atoms with van der Waals surface area (Å²) >= 11 is 0. The first-order valence-corrected chi connectivity index (χ1v) is 8.05. The van der Waals surface area contributed by atoms with E-state index >= 15 is 0 Å². The molecule has 1 heterocycles. The first-order valence-electron chi connectivity index (χ1n) is 8.05. The van der Waals surface area contributed by atoms with Crippen LogP contribution in [0.15, 0.2) is 36.9 Å². The summed E-state index contributed by atoms with van der Waals surface area (Å²) in [6.45, 7) is 1.79. The van der Waals surface area contributed by atoms with E-state index in [9.17, 15) is 9.18 Å². The van der Waals surface area contributed by atoms with Crippen LogP contribution in [0, 0.1) is 11.7 Å². The van der Waals surface area contributed by atoms with Crippen LogP contribution in [-0.4, -0.2) is 20.7 Å². The van der Waals surface area contributed by atoms with Crippen LogP contribution in [0.2, 0.25) is 0 Å². The lowest BCUT2D eigenvalue weighted by Crippen LogP contribution is -2.37. The molecule has 1 aliphatic carbocycles. The minimum atomic E-state index is -0.429. The fraction of sp³-hybridized carbons (Fsp3) is 0.471. The average Bonchev–Trinajstić information content (AvgIpc) is 3.26. The van der Waals surface area contributed by atoms with Gasteiger partial charge in [0.2, 0.25) is 5.91 Å². The van der Waals surface area contributed by atoms with Crippen LogP contribution < -0.4 is 5.32 Å². The summed E-state index contributed by atoms with van der Waals surface area (Å²) < 4.78 is 14.7. The molecule has 1 aromatic heterocycles. The molecule has 23 heavy (non-hydrogen) atoms. The Morgan fingerprint density at radius 2 is 2.00 bits per heavy atom. The molecule has 2 aromatic rings. The molecule has 0 bridgehead atoms. The van der Waals surface area contributed by atoms with E-state index < -0.39 is 6.04 Å². The highest BCUT2D eigenvalue weighted by Gasteiger charge is 2.29. The first kappa shape index (κ1) is 15.6. The Kier molecular flexibility index (Phi) is 4.69. The Morgan fingerprint density at radius 1 is 1.30 bits per heavy atom. The maximum atomic E-state index is 13.2. The van der Waals surface area contributed by atoms with Crippen molar-refractivity contribution in [2.75, 3.05) is 0 Å². The third-order valence-corrected chi connectivity index (χ3v) is 4.61. The standard InChI is InChI=1S/C17H21FN4O/c1-12(22-11-19-10-20-22)17(23)21-16(13-4-2-3-5-13)14-6-8-15(18)9-7-14/h6-13,16H,2-5H2,1H3,(H,21,23). The van der Waals surface area contributed by atoms with Gasteiger partial charge in [-0.25, -0.2) is 14.1 Å². The second-order valence-electron chi connectivity index (χ2n) is 6.13. The molecule has 1 aliphatic rings. The number of nitrogens with zero attached hydrogens (tertiary/aromatic N) is 3. The fourth-order valence-electron chi connectivity index (χ4n) is 3.25. The van der Waals surface area contributed by atoms with Crippen molar-refractivity contribution in [3.63, 3.8) is 0 Å². The largest absolute Gasteiger partial charge is 0.347 e. The number of carbonyl (C=O) groups is 1. The van der Waals surface area contributed by atoms with Gasteiger partial charge in [-0.05, 0) is 43.4 Å². The molecule has 1 amide bonds. The average molecular weight is 316 g/mol. The van der Waals surface area contributed by atoms with Crippen molar-refractivity contribution in [3.05, 3.63) is 48.3 Å². The molecule has 1 fully saturated rings. The highest BCUT2D eigenvalue weighted by Crippen LogP contribution is 2.36. The molecule has 1 aromatic carbocycles. The van der Waals surface area contributed by atoms with Crippen LogP contribution >= 0.6 is 0 Å². The number of benzene rings is 1. The molecule has 2 atom stereocenters. The summed E-state index contributed by atoms with van der Waals surface area (Å²) in [6.07, 6.45) is 7.47. The fourth-order valence-corrected chi connectivity index (χ4v) is 3.25. The normalized spacial score (nSPS) is 17.8. The second-order valence-corrected chi connectivity index (χ2v) is 6.13. The molecule has 0 aliphatic heterocycles. The maximum absolute atomic E-state index is 13.2. The summed E-state index contributed by atoms with van der Waals surface area (Å²) in [5.74, 6) is 0.0327. The minimum Gasteiger partial charge on any atom is -0.347 e. The molecule has 2 unspecified atom stereocenters. The van der Waals surface area contributed by atoms with E-state index in [0.717, 1.165) is 18.4 Å². The molecule has 0 saturated heterocycles. The first-order chi connectivity index (χ1) is 11.1. The van der Waals surface area contributed by atoms with Crippen molar-refractivity contribution in [3.8, 4) is 0 Å². The number of aromatic nitrogens is 3. The molecule has 5 nitrogen and oxygen atoms in total. The van der Waals surface area contributed by atoms with Crippen LogP contribution in [0.25, 0.3) is 0 Å². The molecule has 3 rings (SSSR count). The third-order valence-electron chi connectivity index (χ3n) is 4.61. The molecule has 122 valence electrons. The Morgan fingerprint density at radius 3 is 2.61 bits per heavy atom. The van der Waals surface area contributed by atoms with Gasteiger partial charge in [0.15, 0.2) is 0 Å². The number of hydrogen-bond acceptors (Lipinski definition) is 3. The molecule has 0 radical (unpaired) electrons. The monoisotopic (exact) mass is 316 g/mol. The molecule has 6 heteroatoms. The zero-order chi connectivity index (χ0) is 16.2. The van der Waals surface area contributed by atoms with E-state index in [1.54, 1.807) is 19.1 Å². The maximum Gasteiger partial charge on any atom is 0.245 e. The number of rotatable bonds is 5. The van der Waals surface area contributed by atoms with Crippen LogP contribution in [0.5, 0.6) is 0 Å². The SMILES string of the molecule is CC(C(=O)NC(c1ccc(F)cc1)C1CCCC1)n1cncn1. The summed E-state index contributed by atoms with van der Waals surface area (Å²) in [6, 6.07) is 5.91. The summed E-state index contributed by atoms with van der Waals surface area (Å²) in [7, 11) is 0. The number of nitrogens with one attached hydrogen (secondary N) is 1. The zero-order valence-corrected chi connectivity index (χ0v) is 13.2. The third kappa shape index (κ3) is 3.57. The number of carbonyl (C=O) groups excluding carboxylic acids is 1. The Labute approximate surface area is 134 Å². The van der Waals surface area contributed by atoms with Gasteiger partial charge in [-0.15, -0.1) is 0 Å². The van der Waals surface area contributed by atoms with Crippen molar-refractivity contribution in [2.24, 2.45) is 5.92 Å². The van der Waals surface area contributed by atoms with E-state index in [1.165, 1.54) is 42.3 Å². The molecular weight excluding hydrogens is 295 g/mol. The summed E-state index contributed by atoms with van der Waals surface area (Å²) in [5.41, 5.74) is 0.956. The lowest BCUT2D eigenvalue weighted by molar-refractivity contribution is -0.125. The molecule has 1 N–H and O–H groups in total. The Balaban J connectivity index is 1.78. The van der Waals surface area contributed by atoms with E-state index in [1.807, 2.05) is 0 Å². The lowest BCUT2D eigenvalue weighted by atomic mass is 9.91. The van der Waals surface area contributed by atoms with E-state index in [0.29, 0.717) is 5.92 Å². The van der Waals surface area contributed by atoms with Crippen LogP contribution in [-0.2, 0) is 4.79 Å². The Hall–Kier alpha value is -2.24. The van der Waals surface area contributed by atoms with E-state index in [2.05, 4.69) is 15.4 Å². The van der Waals surface area contributed by atoms with Gasteiger partial charge in [-0.1, -0.05) is 25.0 Å². The van der Waals surface area contributed by atoms with E-state index in [-0.39, 0.29) is 17.8 Å².